The van der Waals surface area contributed by atoms with Gasteiger partial charge in [-0.05, 0) is 81.3 Å². The van der Waals surface area contributed by atoms with Gasteiger partial charge in [-0.2, -0.15) is 0 Å². The minimum atomic E-state index is 0.150. The van der Waals surface area contributed by atoms with Crippen LogP contribution in [0.1, 0.15) is 73.4 Å². The number of benzene rings is 1. The predicted molar refractivity (Wildman–Crippen MR) is 103 cm³/mol. The molecule has 0 amide bonds. The third-order valence-corrected chi connectivity index (χ3v) is 5.93. The highest BCUT2D eigenvalue weighted by atomic mass is 16.5. The van der Waals surface area contributed by atoms with E-state index in [9.17, 15) is 4.79 Å². The third-order valence-electron chi connectivity index (χ3n) is 5.93. The Labute approximate surface area is 152 Å². The molecule has 3 nitrogen and oxygen atoms in total. The van der Waals surface area contributed by atoms with Gasteiger partial charge >= 0.3 is 0 Å². The summed E-state index contributed by atoms with van der Waals surface area (Å²) >= 11 is 0. The first-order valence-electron chi connectivity index (χ1n) is 10.2. The molecule has 1 aliphatic carbocycles. The lowest BCUT2D eigenvalue weighted by atomic mass is 9.82. The topological polar surface area (TPSA) is 29.5 Å². The number of carbonyl (C=O) groups is 1. The van der Waals surface area contributed by atoms with Gasteiger partial charge in [0, 0.05) is 18.0 Å². The second-order valence-corrected chi connectivity index (χ2v) is 7.69. The molecule has 0 radical (unpaired) electrons. The van der Waals surface area contributed by atoms with Crippen molar-refractivity contribution in [2.24, 2.45) is 5.92 Å². The van der Waals surface area contributed by atoms with Gasteiger partial charge < -0.3 is 9.64 Å². The molecule has 138 valence electrons. The standard InChI is InChI=1S/C22H33NO2/c1-3-4-9-17(16-23-14-7-8-15-23)22(24)20-12-13-21(25-2)19-11-6-5-10-18(19)20/h12-13,17H,3-11,14-16H2,1-2H3. The van der Waals surface area contributed by atoms with Crippen molar-refractivity contribution >= 4 is 5.78 Å². The summed E-state index contributed by atoms with van der Waals surface area (Å²) in [6.07, 6.45) is 10.3. The van der Waals surface area contributed by atoms with E-state index < -0.39 is 0 Å². The molecular weight excluding hydrogens is 310 g/mol. The molecule has 0 bridgehead atoms. The number of unbranched alkanes of at least 4 members (excludes halogenated alkanes) is 1. The van der Waals surface area contributed by atoms with Crippen molar-refractivity contribution in [1.29, 1.82) is 0 Å². The van der Waals surface area contributed by atoms with Gasteiger partial charge in [-0.25, -0.2) is 0 Å². The Morgan fingerprint density at radius 1 is 1.12 bits per heavy atom. The summed E-state index contributed by atoms with van der Waals surface area (Å²) < 4.78 is 5.56. The van der Waals surface area contributed by atoms with Crippen molar-refractivity contribution in [3.8, 4) is 5.75 Å². The van der Waals surface area contributed by atoms with Crippen LogP contribution in [-0.4, -0.2) is 37.4 Å². The average Bonchev–Trinajstić information content (AvgIpc) is 3.16. The Kier molecular flexibility index (Phi) is 6.52. The van der Waals surface area contributed by atoms with Crippen LogP contribution in [-0.2, 0) is 12.8 Å². The van der Waals surface area contributed by atoms with Gasteiger partial charge in [-0.15, -0.1) is 0 Å². The number of Topliss-reactive ketones (excluding diaryl/α,β-unsaturated/α-hetero) is 1. The first-order chi connectivity index (χ1) is 12.2. The van der Waals surface area contributed by atoms with E-state index in [2.05, 4.69) is 11.8 Å². The number of hydrogen-bond acceptors (Lipinski definition) is 3. The molecule has 2 aliphatic rings. The van der Waals surface area contributed by atoms with Crippen LogP contribution in [0.15, 0.2) is 12.1 Å². The van der Waals surface area contributed by atoms with Crippen LogP contribution in [0.2, 0.25) is 0 Å². The van der Waals surface area contributed by atoms with Crippen LogP contribution in [0.4, 0.5) is 0 Å². The molecule has 1 aromatic carbocycles. The highest BCUT2D eigenvalue weighted by molar-refractivity contribution is 6.00. The van der Waals surface area contributed by atoms with Crippen molar-refractivity contribution in [3.63, 3.8) is 0 Å². The van der Waals surface area contributed by atoms with E-state index in [4.69, 9.17) is 4.74 Å². The Bertz CT molecular complexity index is 590. The number of methoxy groups -OCH3 is 1. The number of rotatable bonds is 8. The summed E-state index contributed by atoms with van der Waals surface area (Å²) in [6, 6.07) is 4.05. The lowest BCUT2D eigenvalue weighted by Crippen LogP contribution is -2.32. The molecule has 1 saturated heterocycles. The number of hydrogen-bond donors (Lipinski definition) is 0. The number of ether oxygens (including phenoxy) is 1. The number of carbonyl (C=O) groups excluding carboxylic acids is 1. The van der Waals surface area contributed by atoms with Crippen LogP contribution in [0.3, 0.4) is 0 Å². The molecule has 3 rings (SSSR count). The SMILES string of the molecule is CCCCC(CN1CCCC1)C(=O)c1ccc(OC)c2c1CCCC2. The molecule has 1 atom stereocenters. The molecule has 0 saturated carbocycles. The maximum Gasteiger partial charge on any atom is 0.167 e. The van der Waals surface area contributed by atoms with Crippen LogP contribution in [0, 0.1) is 5.92 Å². The number of nitrogens with zero attached hydrogens (tertiary/aromatic N) is 1. The lowest BCUT2D eigenvalue weighted by Gasteiger charge is -2.26. The quantitative estimate of drug-likeness (QED) is 0.643. The van der Waals surface area contributed by atoms with E-state index in [0.717, 1.165) is 63.1 Å². The van der Waals surface area contributed by atoms with E-state index >= 15 is 0 Å². The molecule has 0 spiro atoms. The Hall–Kier alpha value is -1.35. The van der Waals surface area contributed by atoms with Gasteiger partial charge in [0.1, 0.15) is 5.75 Å². The summed E-state index contributed by atoms with van der Waals surface area (Å²) in [5.41, 5.74) is 3.55. The Morgan fingerprint density at radius 2 is 1.84 bits per heavy atom. The molecule has 1 aliphatic heterocycles. The largest absolute Gasteiger partial charge is 0.496 e. The fourth-order valence-electron chi connectivity index (χ4n) is 4.51. The summed E-state index contributed by atoms with van der Waals surface area (Å²) in [6.45, 7) is 5.49. The highest BCUT2D eigenvalue weighted by Crippen LogP contribution is 2.34. The summed E-state index contributed by atoms with van der Waals surface area (Å²) in [5, 5.41) is 0. The van der Waals surface area contributed by atoms with Crippen LogP contribution in [0.5, 0.6) is 5.75 Å². The van der Waals surface area contributed by atoms with E-state index in [1.165, 1.54) is 36.8 Å². The van der Waals surface area contributed by atoms with Gasteiger partial charge in [-0.1, -0.05) is 19.8 Å². The zero-order valence-corrected chi connectivity index (χ0v) is 16.0. The van der Waals surface area contributed by atoms with Crippen LogP contribution >= 0.6 is 0 Å². The van der Waals surface area contributed by atoms with Gasteiger partial charge in [-0.3, -0.25) is 4.79 Å². The fraction of sp³-hybridized carbons (Fsp3) is 0.682. The first kappa shape index (κ1) is 18.4. The molecular formula is C22H33NO2. The second kappa shape index (κ2) is 8.84. The van der Waals surface area contributed by atoms with Gasteiger partial charge in [0.25, 0.3) is 0 Å². The molecule has 1 aromatic rings. The monoisotopic (exact) mass is 343 g/mol. The normalized spacial score (nSPS) is 18.8. The van der Waals surface area contributed by atoms with Crippen molar-refractivity contribution < 1.29 is 9.53 Å². The number of ketones is 1. The number of fused-ring (bicyclic) bond motifs is 1. The van der Waals surface area contributed by atoms with E-state index in [-0.39, 0.29) is 5.92 Å². The highest BCUT2D eigenvalue weighted by Gasteiger charge is 2.28. The summed E-state index contributed by atoms with van der Waals surface area (Å²) in [7, 11) is 1.74. The maximum atomic E-state index is 13.4. The van der Waals surface area contributed by atoms with Crippen LogP contribution in [0.25, 0.3) is 0 Å². The third kappa shape index (κ3) is 4.25. The van der Waals surface area contributed by atoms with Gasteiger partial charge in [0.05, 0.1) is 7.11 Å². The summed E-state index contributed by atoms with van der Waals surface area (Å²) in [4.78, 5) is 15.9. The first-order valence-corrected chi connectivity index (χ1v) is 10.2. The average molecular weight is 344 g/mol. The number of likely N-dealkylation sites (tertiary alicyclic amines) is 1. The summed E-state index contributed by atoms with van der Waals surface area (Å²) in [5.74, 6) is 1.49. The van der Waals surface area contributed by atoms with E-state index in [1.807, 2.05) is 12.1 Å². The van der Waals surface area contributed by atoms with Crippen LogP contribution < -0.4 is 4.74 Å². The molecule has 25 heavy (non-hydrogen) atoms. The Balaban J connectivity index is 1.85. The maximum absolute atomic E-state index is 13.4. The van der Waals surface area contributed by atoms with Crippen molar-refractivity contribution in [1.82, 2.24) is 4.90 Å². The van der Waals surface area contributed by atoms with Crippen molar-refractivity contribution in [2.45, 2.75) is 64.7 Å². The predicted octanol–water partition coefficient (Wildman–Crippen LogP) is 4.66. The van der Waals surface area contributed by atoms with Crippen molar-refractivity contribution in [3.05, 3.63) is 28.8 Å². The zero-order valence-electron chi connectivity index (χ0n) is 16.0. The molecule has 1 unspecified atom stereocenters. The van der Waals surface area contributed by atoms with E-state index in [1.54, 1.807) is 7.11 Å². The fourth-order valence-corrected chi connectivity index (χ4v) is 4.51. The molecule has 1 heterocycles. The molecule has 0 N–H and O–H groups in total. The van der Waals surface area contributed by atoms with Gasteiger partial charge in [0.15, 0.2) is 5.78 Å². The minimum absolute atomic E-state index is 0.150. The van der Waals surface area contributed by atoms with Crippen molar-refractivity contribution in [2.75, 3.05) is 26.7 Å². The van der Waals surface area contributed by atoms with Gasteiger partial charge in [0.2, 0.25) is 0 Å². The second-order valence-electron chi connectivity index (χ2n) is 7.69. The molecule has 1 fully saturated rings. The zero-order chi connectivity index (χ0) is 17.6. The minimum Gasteiger partial charge on any atom is -0.496 e. The molecule has 3 heteroatoms. The van der Waals surface area contributed by atoms with E-state index in [0.29, 0.717) is 5.78 Å². The smallest absolute Gasteiger partial charge is 0.167 e. The lowest BCUT2D eigenvalue weighted by molar-refractivity contribution is 0.0877. The molecule has 0 aromatic heterocycles. The Morgan fingerprint density at radius 3 is 2.52 bits per heavy atom.